The number of benzene rings is 1. The molecule has 1 aromatic rings. The molecule has 0 spiro atoms. The summed E-state index contributed by atoms with van der Waals surface area (Å²) in [4.78, 5) is 35.8. The zero-order chi connectivity index (χ0) is 15.8. The summed E-state index contributed by atoms with van der Waals surface area (Å²) in [5.74, 6) is -3.86. The Morgan fingerprint density at radius 1 is 1.00 bits per heavy atom. The van der Waals surface area contributed by atoms with Gasteiger partial charge in [0.2, 0.25) is 5.92 Å². The first-order valence-corrected chi connectivity index (χ1v) is 6.97. The number of carbonyl (C=O) groups excluding carboxylic acids is 3. The van der Waals surface area contributed by atoms with Crippen molar-refractivity contribution in [3.05, 3.63) is 34.9 Å². The number of halogens is 1. The maximum absolute atomic E-state index is 12.2. The molecule has 0 unspecified atom stereocenters. The highest BCUT2D eigenvalue weighted by atomic mass is 35.5. The predicted molar refractivity (Wildman–Crippen MR) is 76.9 cm³/mol. The van der Waals surface area contributed by atoms with Crippen molar-refractivity contribution < 1.29 is 23.9 Å². The zero-order valence-electron chi connectivity index (χ0n) is 11.9. The van der Waals surface area contributed by atoms with E-state index in [-0.39, 0.29) is 19.6 Å². The van der Waals surface area contributed by atoms with Gasteiger partial charge in [0.25, 0.3) is 0 Å². The van der Waals surface area contributed by atoms with Crippen LogP contribution in [0.25, 0.3) is 0 Å². The van der Waals surface area contributed by atoms with Gasteiger partial charge in [0.1, 0.15) is 0 Å². The van der Waals surface area contributed by atoms with Crippen molar-refractivity contribution in [3.8, 4) is 0 Å². The minimum absolute atomic E-state index is 0.0700. The van der Waals surface area contributed by atoms with Gasteiger partial charge >= 0.3 is 11.9 Å². The summed E-state index contributed by atoms with van der Waals surface area (Å²) in [6.45, 7) is 3.37. The normalized spacial score (nSPS) is 10.3. The van der Waals surface area contributed by atoms with Gasteiger partial charge in [-0.25, -0.2) is 0 Å². The molecular formula is C15H17ClO5. The number of esters is 2. The van der Waals surface area contributed by atoms with Gasteiger partial charge in [-0.15, -0.1) is 0 Å². The van der Waals surface area contributed by atoms with Gasteiger partial charge in [0.05, 0.1) is 13.2 Å². The van der Waals surface area contributed by atoms with Crippen LogP contribution in [0.4, 0.5) is 0 Å². The molecule has 0 aliphatic heterocycles. The second-order valence-corrected chi connectivity index (χ2v) is 4.64. The van der Waals surface area contributed by atoms with E-state index in [1.807, 2.05) is 0 Å². The standard InChI is InChI=1S/C15H17ClO5/c1-3-20-14(18)13(15(19)21-4-2)12(17)9-10-5-7-11(16)8-6-10/h5-8,13H,3-4,9H2,1-2H3. The highest BCUT2D eigenvalue weighted by molar-refractivity contribution is 6.30. The van der Waals surface area contributed by atoms with E-state index in [9.17, 15) is 14.4 Å². The smallest absolute Gasteiger partial charge is 0.328 e. The van der Waals surface area contributed by atoms with Gasteiger partial charge in [0.15, 0.2) is 5.78 Å². The van der Waals surface area contributed by atoms with Crippen molar-refractivity contribution in [3.63, 3.8) is 0 Å². The quantitative estimate of drug-likeness (QED) is 0.570. The number of hydrogen-bond acceptors (Lipinski definition) is 5. The van der Waals surface area contributed by atoms with Gasteiger partial charge in [-0.2, -0.15) is 0 Å². The lowest BCUT2D eigenvalue weighted by Gasteiger charge is -2.13. The number of ketones is 1. The minimum atomic E-state index is -1.54. The van der Waals surface area contributed by atoms with Crippen LogP contribution in [0.3, 0.4) is 0 Å². The Morgan fingerprint density at radius 2 is 1.48 bits per heavy atom. The topological polar surface area (TPSA) is 69.7 Å². The van der Waals surface area contributed by atoms with Gasteiger partial charge in [-0.05, 0) is 31.5 Å². The fourth-order valence-corrected chi connectivity index (χ4v) is 1.84. The maximum Gasteiger partial charge on any atom is 0.328 e. The molecule has 1 aromatic carbocycles. The van der Waals surface area contributed by atoms with Crippen molar-refractivity contribution >= 4 is 29.3 Å². The molecule has 0 amide bonds. The van der Waals surface area contributed by atoms with Crippen LogP contribution in [-0.2, 0) is 30.3 Å². The van der Waals surface area contributed by atoms with Crippen LogP contribution in [0, 0.1) is 5.92 Å². The summed E-state index contributed by atoms with van der Waals surface area (Å²) in [7, 11) is 0. The fraction of sp³-hybridized carbons (Fsp3) is 0.400. The molecule has 114 valence electrons. The Balaban J connectivity index is 2.86. The summed E-state index contributed by atoms with van der Waals surface area (Å²) >= 11 is 5.76. The first kappa shape index (κ1) is 17.2. The van der Waals surface area contributed by atoms with Gasteiger partial charge in [-0.3, -0.25) is 14.4 Å². The van der Waals surface area contributed by atoms with Crippen molar-refractivity contribution in [2.24, 2.45) is 5.92 Å². The number of carbonyl (C=O) groups is 3. The molecule has 0 heterocycles. The number of rotatable bonds is 7. The van der Waals surface area contributed by atoms with E-state index >= 15 is 0 Å². The molecule has 0 N–H and O–H groups in total. The first-order chi connectivity index (χ1) is 9.99. The summed E-state index contributed by atoms with van der Waals surface area (Å²) in [5.41, 5.74) is 0.656. The minimum Gasteiger partial charge on any atom is -0.465 e. The largest absolute Gasteiger partial charge is 0.465 e. The molecule has 0 aliphatic carbocycles. The third kappa shape index (κ3) is 5.19. The van der Waals surface area contributed by atoms with E-state index in [1.54, 1.807) is 38.1 Å². The highest BCUT2D eigenvalue weighted by Gasteiger charge is 2.36. The van der Waals surface area contributed by atoms with Crippen LogP contribution in [0.2, 0.25) is 5.02 Å². The van der Waals surface area contributed by atoms with Gasteiger partial charge in [0, 0.05) is 11.4 Å². The van der Waals surface area contributed by atoms with E-state index in [2.05, 4.69) is 0 Å². The number of hydrogen-bond donors (Lipinski definition) is 0. The van der Waals surface area contributed by atoms with Crippen LogP contribution in [0.1, 0.15) is 19.4 Å². The highest BCUT2D eigenvalue weighted by Crippen LogP contribution is 2.14. The molecule has 0 aromatic heterocycles. The lowest BCUT2D eigenvalue weighted by atomic mass is 9.98. The Kier molecular flexibility index (Phi) is 6.88. The molecular weight excluding hydrogens is 296 g/mol. The van der Waals surface area contributed by atoms with Gasteiger partial charge < -0.3 is 9.47 Å². The maximum atomic E-state index is 12.2. The van der Waals surface area contributed by atoms with E-state index in [0.29, 0.717) is 10.6 Å². The Labute approximate surface area is 128 Å². The Morgan fingerprint density at radius 3 is 1.90 bits per heavy atom. The molecule has 5 nitrogen and oxygen atoms in total. The van der Waals surface area contributed by atoms with Crippen LogP contribution in [-0.4, -0.2) is 30.9 Å². The third-order valence-electron chi connectivity index (χ3n) is 2.66. The third-order valence-corrected chi connectivity index (χ3v) is 2.91. The van der Waals surface area contributed by atoms with Gasteiger partial charge in [-0.1, -0.05) is 23.7 Å². The summed E-state index contributed by atoms with van der Waals surface area (Å²) < 4.78 is 9.54. The molecule has 0 saturated heterocycles. The lowest BCUT2D eigenvalue weighted by molar-refractivity contribution is -0.163. The average Bonchev–Trinajstić information content (AvgIpc) is 2.42. The molecule has 0 aliphatic rings. The molecule has 0 bridgehead atoms. The van der Waals surface area contributed by atoms with E-state index < -0.39 is 23.6 Å². The van der Waals surface area contributed by atoms with Crippen LogP contribution in [0.15, 0.2) is 24.3 Å². The Bertz CT molecular complexity index is 491. The molecule has 0 radical (unpaired) electrons. The summed E-state index contributed by atoms with van der Waals surface area (Å²) in [6.07, 6.45) is -0.0700. The molecule has 0 atom stereocenters. The molecule has 0 saturated carbocycles. The number of ether oxygens (including phenoxy) is 2. The van der Waals surface area contributed by atoms with E-state index in [0.717, 1.165) is 0 Å². The van der Waals surface area contributed by atoms with Crippen LogP contribution >= 0.6 is 11.6 Å². The predicted octanol–water partition coefficient (Wildman–Crippen LogP) is 2.19. The van der Waals surface area contributed by atoms with E-state index in [1.165, 1.54) is 0 Å². The second-order valence-electron chi connectivity index (χ2n) is 4.21. The fourth-order valence-electron chi connectivity index (χ4n) is 1.72. The second kappa shape index (κ2) is 8.42. The lowest BCUT2D eigenvalue weighted by Crippen LogP contribution is -2.35. The average molecular weight is 313 g/mol. The summed E-state index contributed by atoms with van der Waals surface area (Å²) in [6, 6.07) is 6.59. The van der Waals surface area contributed by atoms with Crippen molar-refractivity contribution in [2.75, 3.05) is 13.2 Å². The van der Waals surface area contributed by atoms with Crippen molar-refractivity contribution in [1.82, 2.24) is 0 Å². The first-order valence-electron chi connectivity index (χ1n) is 6.60. The Hall–Kier alpha value is -1.88. The van der Waals surface area contributed by atoms with Crippen molar-refractivity contribution in [2.45, 2.75) is 20.3 Å². The zero-order valence-corrected chi connectivity index (χ0v) is 12.7. The van der Waals surface area contributed by atoms with Crippen LogP contribution < -0.4 is 0 Å². The molecule has 21 heavy (non-hydrogen) atoms. The summed E-state index contributed by atoms with van der Waals surface area (Å²) in [5, 5.41) is 0.540. The van der Waals surface area contributed by atoms with E-state index in [4.69, 9.17) is 21.1 Å². The van der Waals surface area contributed by atoms with Crippen molar-refractivity contribution in [1.29, 1.82) is 0 Å². The molecule has 0 fully saturated rings. The monoisotopic (exact) mass is 312 g/mol. The SMILES string of the molecule is CCOC(=O)C(C(=O)Cc1ccc(Cl)cc1)C(=O)OCC. The molecule has 1 rings (SSSR count). The van der Waals surface area contributed by atoms with Crippen LogP contribution in [0.5, 0.6) is 0 Å². The molecule has 6 heteroatoms. The number of Topliss-reactive ketones (excluding diaryl/α,β-unsaturated/α-hetero) is 1.